The molecule has 1 saturated heterocycles. The lowest BCUT2D eigenvalue weighted by molar-refractivity contribution is -0.137. The SMILES string of the molecule is COc1cccc(N2CCN(C(C)C(=O)Nc3ccc(Cl)c(C(F)(F)F)c3)CC2)c1. The number of piperazine rings is 1. The van der Waals surface area contributed by atoms with Crippen LogP contribution in [-0.4, -0.2) is 50.1 Å². The fourth-order valence-electron chi connectivity index (χ4n) is 3.41. The standard InChI is InChI=1S/C21H23ClF3N3O2/c1-14(20(29)26-15-6-7-19(22)18(12-15)21(23,24)25)27-8-10-28(11-9-27)16-4-3-5-17(13-16)30-2/h3-7,12-14H,8-11H2,1-2H3,(H,26,29). The molecule has 0 bridgehead atoms. The van der Waals surface area contributed by atoms with Crippen molar-refractivity contribution in [3.63, 3.8) is 0 Å². The number of hydrogen-bond acceptors (Lipinski definition) is 4. The minimum Gasteiger partial charge on any atom is -0.497 e. The van der Waals surface area contributed by atoms with Gasteiger partial charge in [-0.2, -0.15) is 13.2 Å². The summed E-state index contributed by atoms with van der Waals surface area (Å²) in [5.41, 5.74) is 0.145. The predicted molar refractivity (Wildman–Crippen MR) is 111 cm³/mol. The van der Waals surface area contributed by atoms with E-state index < -0.39 is 22.8 Å². The maximum atomic E-state index is 13.0. The summed E-state index contributed by atoms with van der Waals surface area (Å²) < 4.78 is 44.3. The van der Waals surface area contributed by atoms with Gasteiger partial charge in [-0.3, -0.25) is 9.69 Å². The van der Waals surface area contributed by atoms with Crippen LogP contribution in [0.25, 0.3) is 0 Å². The van der Waals surface area contributed by atoms with E-state index in [0.29, 0.717) is 13.1 Å². The molecule has 1 aliphatic heterocycles. The monoisotopic (exact) mass is 441 g/mol. The Morgan fingerprint density at radius 2 is 1.83 bits per heavy atom. The Morgan fingerprint density at radius 3 is 2.47 bits per heavy atom. The van der Waals surface area contributed by atoms with Gasteiger partial charge in [-0.25, -0.2) is 0 Å². The van der Waals surface area contributed by atoms with Crippen LogP contribution in [0.1, 0.15) is 12.5 Å². The van der Waals surface area contributed by atoms with Crippen molar-refractivity contribution >= 4 is 28.9 Å². The van der Waals surface area contributed by atoms with Crippen LogP contribution in [0.5, 0.6) is 5.75 Å². The van der Waals surface area contributed by atoms with Crippen LogP contribution < -0.4 is 15.0 Å². The highest BCUT2D eigenvalue weighted by atomic mass is 35.5. The summed E-state index contributed by atoms with van der Waals surface area (Å²) >= 11 is 5.63. The van der Waals surface area contributed by atoms with Gasteiger partial charge < -0.3 is 15.0 Å². The Kier molecular flexibility index (Phi) is 6.77. The van der Waals surface area contributed by atoms with E-state index in [9.17, 15) is 18.0 Å². The Morgan fingerprint density at radius 1 is 1.13 bits per heavy atom. The van der Waals surface area contributed by atoms with E-state index >= 15 is 0 Å². The molecule has 0 spiro atoms. The van der Waals surface area contributed by atoms with E-state index in [1.54, 1.807) is 14.0 Å². The largest absolute Gasteiger partial charge is 0.497 e. The third-order valence-electron chi connectivity index (χ3n) is 5.20. The number of carbonyl (C=O) groups is 1. The Bertz CT molecular complexity index is 899. The summed E-state index contributed by atoms with van der Waals surface area (Å²) in [5.74, 6) is 0.421. The zero-order valence-corrected chi connectivity index (χ0v) is 17.4. The number of hydrogen-bond donors (Lipinski definition) is 1. The van der Waals surface area contributed by atoms with Crippen LogP contribution >= 0.6 is 11.6 Å². The molecule has 1 fully saturated rings. The van der Waals surface area contributed by atoms with Crippen LogP contribution in [0.3, 0.4) is 0 Å². The fourth-order valence-corrected chi connectivity index (χ4v) is 3.63. The molecule has 3 rings (SSSR count). The quantitative estimate of drug-likeness (QED) is 0.741. The number of nitrogens with zero attached hydrogens (tertiary/aromatic N) is 2. The van der Waals surface area contributed by atoms with E-state index in [4.69, 9.17) is 16.3 Å². The third kappa shape index (κ3) is 5.17. The highest BCUT2D eigenvalue weighted by molar-refractivity contribution is 6.31. The number of amides is 1. The number of halogens is 4. The highest BCUT2D eigenvalue weighted by Gasteiger charge is 2.34. The molecule has 1 amide bonds. The molecular formula is C21H23ClF3N3O2. The highest BCUT2D eigenvalue weighted by Crippen LogP contribution is 2.36. The summed E-state index contributed by atoms with van der Waals surface area (Å²) in [5, 5.41) is 2.17. The molecule has 162 valence electrons. The van der Waals surface area contributed by atoms with E-state index in [2.05, 4.69) is 10.2 Å². The molecule has 0 radical (unpaired) electrons. The number of ether oxygens (including phenoxy) is 1. The van der Waals surface area contributed by atoms with Gasteiger partial charge >= 0.3 is 6.18 Å². The second kappa shape index (κ2) is 9.14. The Labute approximate surface area is 178 Å². The summed E-state index contributed by atoms with van der Waals surface area (Å²) in [6.45, 7) is 4.51. The average Bonchev–Trinajstić information content (AvgIpc) is 2.74. The third-order valence-corrected chi connectivity index (χ3v) is 5.53. The molecule has 0 aliphatic carbocycles. The van der Waals surface area contributed by atoms with Crippen LogP contribution in [0.4, 0.5) is 24.5 Å². The minimum atomic E-state index is -4.58. The maximum absolute atomic E-state index is 13.0. The van der Waals surface area contributed by atoms with Gasteiger partial charge in [-0.1, -0.05) is 17.7 Å². The van der Waals surface area contributed by atoms with Gasteiger partial charge in [0.25, 0.3) is 0 Å². The second-order valence-corrected chi connectivity index (χ2v) is 7.49. The van der Waals surface area contributed by atoms with Crippen molar-refractivity contribution in [2.45, 2.75) is 19.1 Å². The smallest absolute Gasteiger partial charge is 0.417 e. The van der Waals surface area contributed by atoms with Gasteiger partial charge in [0.05, 0.1) is 23.7 Å². The Balaban J connectivity index is 1.60. The normalized spacial score (nSPS) is 16.3. The van der Waals surface area contributed by atoms with Gasteiger partial charge in [0.2, 0.25) is 5.91 Å². The molecule has 1 atom stereocenters. The number of anilines is 2. The molecule has 1 N–H and O–H groups in total. The number of methoxy groups -OCH3 is 1. The number of rotatable bonds is 5. The fraction of sp³-hybridized carbons (Fsp3) is 0.381. The van der Waals surface area contributed by atoms with E-state index in [1.165, 1.54) is 6.07 Å². The summed E-state index contributed by atoms with van der Waals surface area (Å²) in [7, 11) is 1.62. The van der Waals surface area contributed by atoms with Crippen LogP contribution in [0.2, 0.25) is 5.02 Å². The lowest BCUT2D eigenvalue weighted by Gasteiger charge is -2.38. The minimum absolute atomic E-state index is 0.0681. The molecule has 0 saturated carbocycles. The van der Waals surface area contributed by atoms with E-state index in [1.807, 2.05) is 29.2 Å². The lowest BCUT2D eigenvalue weighted by atomic mass is 10.1. The molecule has 9 heteroatoms. The van der Waals surface area contributed by atoms with Crippen molar-refractivity contribution < 1.29 is 22.7 Å². The first kappa shape index (κ1) is 22.2. The van der Waals surface area contributed by atoms with Crippen LogP contribution in [-0.2, 0) is 11.0 Å². The van der Waals surface area contributed by atoms with Crippen LogP contribution in [0.15, 0.2) is 42.5 Å². The molecular weight excluding hydrogens is 419 g/mol. The number of carbonyl (C=O) groups excluding carboxylic acids is 1. The van der Waals surface area contributed by atoms with Gasteiger partial charge in [0.1, 0.15) is 5.75 Å². The first-order valence-electron chi connectivity index (χ1n) is 9.49. The zero-order valence-electron chi connectivity index (χ0n) is 16.7. The molecule has 30 heavy (non-hydrogen) atoms. The first-order chi connectivity index (χ1) is 14.2. The molecule has 1 heterocycles. The van der Waals surface area contributed by atoms with Crippen molar-refractivity contribution in [2.24, 2.45) is 0 Å². The zero-order chi connectivity index (χ0) is 21.9. The molecule has 1 aliphatic rings. The predicted octanol–water partition coefficient (Wildman–Crippen LogP) is 4.52. The molecule has 1 unspecified atom stereocenters. The topological polar surface area (TPSA) is 44.8 Å². The molecule has 5 nitrogen and oxygen atoms in total. The summed E-state index contributed by atoms with van der Waals surface area (Å²) in [6, 6.07) is 10.7. The van der Waals surface area contributed by atoms with Gasteiger partial charge in [-0.05, 0) is 37.3 Å². The first-order valence-corrected chi connectivity index (χ1v) is 9.87. The van der Waals surface area contributed by atoms with Crippen molar-refractivity contribution in [3.8, 4) is 5.75 Å². The van der Waals surface area contributed by atoms with Crippen molar-refractivity contribution in [1.29, 1.82) is 0 Å². The summed E-state index contributed by atoms with van der Waals surface area (Å²) in [4.78, 5) is 16.8. The van der Waals surface area contributed by atoms with E-state index in [0.717, 1.165) is 36.7 Å². The lowest BCUT2D eigenvalue weighted by Crippen LogP contribution is -2.52. The maximum Gasteiger partial charge on any atom is 0.417 e. The molecule has 0 aromatic heterocycles. The van der Waals surface area contributed by atoms with Crippen molar-refractivity contribution in [1.82, 2.24) is 4.90 Å². The number of alkyl halides is 3. The average molecular weight is 442 g/mol. The number of benzene rings is 2. The number of nitrogens with one attached hydrogen (secondary N) is 1. The molecule has 2 aromatic rings. The second-order valence-electron chi connectivity index (χ2n) is 7.08. The van der Waals surface area contributed by atoms with E-state index in [-0.39, 0.29) is 11.6 Å². The van der Waals surface area contributed by atoms with Gasteiger partial charge in [0, 0.05) is 43.6 Å². The Hall–Kier alpha value is -2.45. The molecule has 2 aromatic carbocycles. The van der Waals surface area contributed by atoms with Crippen molar-refractivity contribution in [2.75, 3.05) is 43.5 Å². The van der Waals surface area contributed by atoms with Crippen molar-refractivity contribution in [3.05, 3.63) is 53.1 Å². The van der Waals surface area contributed by atoms with Crippen LogP contribution in [0, 0.1) is 0 Å². The van der Waals surface area contributed by atoms with Gasteiger partial charge in [-0.15, -0.1) is 0 Å². The van der Waals surface area contributed by atoms with Gasteiger partial charge in [0.15, 0.2) is 0 Å². The summed E-state index contributed by atoms with van der Waals surface area (Å²) in [6.07, 6.45) is -4.58.